The Kier molecular flexibility index (Phi) is 5.00. The van der Waals surface area contributed by atoms with E-state index in [0.717, 1.165) is 0 Å². The summed E-state index contributed by atoms with van der Waals surface area (Å²) in [4.78, 5) is 23.5. The van der Waals surface area contributed by atoms with Gasteiger partial charge in [-0.1, -0.05) is 12.1 Å². The number of aliphatic carboxylic acids is 1. The zero-order valence-corrected chi connectivity index (χ0v) is 13.0. The molecule has 0 spiro atoms. The molecule has 2 rings (SSSR count). The van der Waals surface area contributed by atoms with Gasteiger partial charge in [-0.25, -0.2) is 0 Å². The largest absolute Gasteiger partial charge is 0.497 e. The van der Waals surface area contributed by atoms with Crippen LogP contribution in [0.1, 0.15) is 18.9 Å². The molecule has 7 nitrogen and oxygen atoms in total. The zero-order chi connectivity index (χ0) is 16.9. The number of ether oxygens (including phenoxy) is 1. The van der Waals surface area contributed by atoms with Gasteiger partial charge in [-0.15, -0.1) is 0 Å². The number of methoxy groups -OCH3 is 1. The third-order valence-corrected chi connectivity index (χ3v) is 3.49. The van der Waals surface area contributed by atoms with Crippen molar-refractivity contribution in [2.45, 2.75) is 25.4 Å². The van der Waals surface area contributed by atoms with Gasteiger partial charge in [0.15, 0.2) is 0 Å². The molecule has 1 atom stereocenters. The highest BCUT2D eigenvalue weighted by Crippen LogP contribution is 2.27. The SMILES string of the molecule is COc1cccc(C(C)(CC(=O)O)NC(=O)Cn2cccn2)c1. The molecule has 0 saturated heterocycles. The second-order valence-corrected chi connectivity index (χ2v) is 5.39. The molecule has 0 saturated carbocycles. The van der Waals surface area contributed by atoms with Crippen molar-refractivity contribution in [3.05, 3.63) is 48.3 Å². The molecule has 7 heteroatoms. The lowest BCUT2D eigenvalue weighted by Crippen LogP contribution is -2.46. The van der Waals surface area contributed by atoms with E-state index in [0.29, 0.717) is 11.3 Å². The van der Waals surface area contributed by atoms with E-state index in [9.17, 15) is 14.7 Å². The van der Waals surface area contributed by atoms with Crippen molar-refractivity contribution in [1.82, 2.24) is 15.1 Å². The van der Waals surface area contributed by atoms with Gasteiger partial charge >= 0.3 is 5.97 Å². The second-order valence-electron chi connectivity index (χ2n) is 5.39. The number of hydrogen-bond donors (Lipinski definition) is 2. The third kappa shape index (κ3) is 4.32. The monoisotopic (exact) mass is 317 g/mol. The smallest absolute Gasteiger partial charge is 0.306 e. The van der Waals surface area contributed by atoms with Gasteiger partial charge in [0.1, 0.15) is 12.3 Å². The number of rotatable bonds is 7. The molecule has 1 aromatic heterocycles. The average molecular weight is 317 g/mol. The van der Waals surface area contributed by atoms with Crippen LogP contribution in [-0.2, 0) is 21.7 Å². The molecule has 0 aliphatic heterocycles. The summed E-state index contributed by atoms with van der Waals surface area (Å²) >= 11 is 0. The normalized spacial score (nSPS) is 13.1. The van der Waals surface area contributed by atoms with Crippen LogP contribution in [0.4, 0.5) is 0 Å². The minimum atomic E-state index is -1.05. The number of carboxylic acids is 1. The van der Waals surface area contributed by atoms with Crippen molar-refractivity contribution in [3.8, 4) is 5.75 Å². The fourth-order valence-corrected chi connectivity index (χ4v) is 2.38. The highest BCUT2D eigenvalue weighted by molar-refractivity contribution is 5.78. The highest BCUT2D eigenvalue weighted by Gasteiger charge is 2.32. The maximum atomic E-state index is 12.2. The van der Waals surface area contributed by atoms with E-state index in [1.54, 1.807) is 49.6 Å². The Bertz CT molecular complexity index is 684. The first kappa shape index (κ1) is 16.5. The molecule has 1 unspecified atom stereocenters. The molecule has 0 aliphatic rings. The van der Waals surface area contributed by atoms with E-state index in [1.807, 2.05) is 0 Å². The molecule has 2 aromatic rings. The van der Waals surface area contributed by atoms with Gasteiger partial charge in [0, 0.05) is 12.4 Å². The minimum Gasteiger partial charge on any atom is -0.497 e. The van der Waals surface area contributed by atoms with Crippen LogP contribution in [0, 0.1) is 0 Å². The average Bonchev–Trinajstić information content (AvgIpc) is 2.99. The minimum absolute atomic E-state index is 0.0200. The summed E-state index contributed by atoms with van der Waals surface area (Å²) in [7, 11) is 1.53. The van der Waals surface area contributed by atoms with Gasteiger partial charge in [0.05, 0.1) is 19.1 Å². The summed E-state index contributed by atoms with van der Waals surface area (Å²) in [5, 5.41) is 16.0. The molecule has 1 amide bonds. The van der Waals surface area contributed by atoms with E-state index >= 15 is 0 Å². The number of carbonyl (C=O) groups excluding carboxylic acids is 1. The first-order valence-corrected chi connectivity index (χ1v) is 7.08. The Morgan fingerprint density at radius 2 is 2.17 bits per heavy atom. The summed E-state index contributed by atoms with van der Waals surface area (Å²) in [6, 6.07) is 8.72. The van der Waals surface area contributed by atoms with Crippen molar-refractivity contribution in [2.24, 2.45) is 0 Å². The first-order valence-electron chi connectivity index (χ1n) is 7.08. The molecule has 2 N–H and O–H groups in total. The summed E-state index contributed by atoms with van der Waals surface area (Å²) in [5.41, 5.74) is -0.391. The Hall–Kier alpha value is -2.83. The predicted octanol–water partition coefficient (Wildman–Crippen LogP) is 1.40. The fourth-order valence-electron chi connectivity index (χ4n) is 2.38. The van der Waals surface area contributed by atoms with Crippen LogP contribution in [0.3, 0.4) is 0 Å². The van der Waals surface area contributed by atoms with Gasteiger partial charge in [0.25, 0.3) is 0 Å². The van der Waals surface area contributed by atoms with Crippen LogP contribution in [0.15, 0.2) is 42.7 Å². The number of benzene rings is 1. The number of carbonyl (C=O) groups is 2. The van der Waals surface area contributed by atoms with Crippen molar-refractivity contribution in [2.75, 3.05) is 7.11 Å². The number of nitrogens with one attached hydrogen (secondary N) is 1. The van der Waals surface area contributed by atoms with Gasteiger partial charge < -0.3 is 15.2 Å². The number of amides is 1. The van der Waals surface area contributed by atoms with Gasteiger partial charge in [-0.05, 0) is 30.7 Å². The van der Waals surface area contributed by atoms with Crippen LogP contribution >= 0.6 is 0 Å². The van der Waals surface area contributed by atoms with Gasteiger partial charge in [-0.3, -0.25) is 14.3 Å². The lowest BCUT2D eigenvalue weighted by atomic mass is 9.88. The first-order chi connectivity index (χ1) is 10.9. The van der Waals surface area contributed by atoms with E-state index in [2.05, 4.69) is 10.4 Å². The molecule has 0 aliphatic carbocycles. The molecule has 0 radical (unpaired) electrons. The van der Waals surface area contributed by atoms with Crippen LogP contribution in [0.2, 0.25) is 0 Å². The fraction of sp³-hybridized carbons (Fsp3) is 0.312. The topological polar surface area (TPSA) is 93.5 Å². The lowest BCUT2D eigenvalue weighted by Gasteiger charge is -2.30. The molecule has 0 fully saturated rings. The maximum absolute atomic E-state index is 12.2. The molecular weight excluding hydrogens is 298 g/mol. The molecular formula is C16H19N3O4. The number of carboxylic acid groups (broad SMARTS) is 1. The van der Waals surface area contributed by atoms with Crippen molar-refractivity contribution >= 4 is 11.9 Å². The second kappa shape index (κ2) is 6.95. The third-order valence-electron chi connectivity index (χ3n) is 3.49. The predicted molar refractivity (Wildman–Crippen MR) is 83.0 cm³/mol. The Morgan fingerprint density at radius 3 is 2.78 bits per heavy atom. The highest BCUT2D eigenvalue weighted by atomic mass is 16.5. The van der Waals surface area contributed by atoms with Crippen LogP contribution in [-0.4, -0.2) is 33.9 Å². The molecule has 0 bridgehead atoms. The number of aromatic nitrogens is 2. The Balaban J connectivity index is 2.23. The number of nitrogens with zero attached hydrogens (tertiary/aromatic N) is 2. The van der Waals surface area contributed by atoms with Crippen LogP contribution in [0.5, 0.6) is 5.75 Å². The number of hydrogen-bond acceptors (Lipinski definition) is 4. The quantitative estimate of drug-likeness (QED) is 0.805. The van der Waals surface area contributed by atoms with Crippen LogP contribution < -0.4 is 10.1 Å². The van der Waals surface area contributed by atoms with Crippen molar-refractivity contribution in [3.63, 3.8) is 0 Å². The zero-order valence-electron chi connectivity index (χ0n) is 13.0. The maximum Gasteiger partial charge on any atom is 0.306 e. The summed E-state index contributed by atoms with van der Waals surface area (Å²) in [5.74, 6) is -0.726. The molecule has 122 valence electrons. The van der Waals surface area contributed by atoms with E-state index in [-0.39, 0.29) is 18.9 Å². The summed E-state index contributed by atoms with van der Waals surface area (Å²) < 4.78 is 6.65. The standard InChI is InChI=1S/C16H19N3O4/c1-16(10-15(21)22,12-5-3-6-13(9-12)23-2)18-14(20)11-19-8-4-7-17-19/h3-9H,10-11H2,1-2H3,(H,18,20)(H,21,22). The van der Waals surface area contributed by atoms with Crippen molar-refractivity contribution < 1.29 is 19.4 Å². The molecule has 23 heavy (non-hydrogen) atoms. The lowest BCUT2D eigenvalue weighted by molar-refractivity contribution is -0.139. The summed E-state index contributed by atoms with van der Waals surface area (Å²) in [6.07, 6.45) is 3.00. The Morgan fingerprint density at radius 1 is 1.39 bits per heavy atom. The van der Waals surface area contributed by atoms with Crippen molar-refractivity contribution in [1.29, 1.82) is 0 Å². The van der Waals surface area contributed by atoms with Gasteiger partial charge in [-0.2, -0.15) is 5.10 Å². The Labute approximate surface area is 133 Å². The summed E-state index contributed by atoms with van der Waals surface area (Å²) in [6.45, 7) is 1.70. The van der Waals surface area contributed by atoms with E-state index in [4.69, 9.17) is 4.74 Å². The molecule has 1 aromatic carbocycles. The van der Waals surface area contributed by atoms with E-state index < -0.39 is 11.5 Å². The molecule has 1 heterocycles. The van der Waals surface area contributed by atoms with E-state index in [1.165, 1.54) is 11.8 Å². The van der Waals surface area contributed by atoms with Gasteiger partial charge in [0.2, 0.25) is 5.91 Å². The van der Waals surface area contributed by atoms with Crippen LogP contribution in [0.25, 0.3) is 0 Å².